The fourth-order valence-electron chi connectivity index (χ4n) is 3.75. The van der Waals surface area contributed by atoms with Crippen LogP contribution in [0.2, 0.25) is 0 Å². The second kappa shape index (κ2) is 10.3. The quantitative estimate of drug-likeness (QED) is 0.344. The second-order valence-corrected chi connectivity index (χ2v) is 7.82. The van der Waals surface area contributed by atoms with Gasteiger partial charge in [0.25, 0.3) is 0 Å². The van der Waals surface area contributed by atoms with Crippen molar-refractivity contribution < 1.29 is 105 Å². The molecule has 2 radical (unpaired) electrons. The van der Waals surface area contributed by atoms with E-state index in [4.69, 9.17) is 29.2 Å². The zero-order valence-electron chi connectivity index (χ0n) is 16.6. The molecule has 0 saturated carbocycles. The third-order valence-electron chi connectivity index (χ3n) is 4.80. The van der Waals surface area contributed by atoms with Crippen LogP contribution in [0.15, 0.2) is 23.3 Å². The molecule has 10 heteroatoms. The van der Waals surface area contributed by atoms with E-state index in [1.54, 1.807) is 39.8 Å². The van der Waals surface area contributed by atoms with Gasteiger partial charge in [-0.15, -0.1) is 0 Å². The number of rotatable bonds is 2. The first kappa shape index (κ1) is 27.4. The van der Waals surface area contributed by atoms with E-state index >= 15 is 0 Å². The van der Waals surface area contributed by atoms with E-state index in [1.807, 2.05) is 0 Å². The van der Waals surface area contributed by atoms with Gasteiger partial charge in [-0.25, -0.2) is 0 Å². The van der Waals surface area contributed by atoms with Crippen LogP contribution < -0.4 is 0 Å². The molecule has 154 valence electrons. The largest absolute Gasteiger partial charge is 0.392 e. The Kier molecular flexibility index (Phi) is 10.1. The van der Waals surface area contributed by atoms with Gasteiger partial charge in [-0.1, -0.05) is 0 Å². The maximum atomic E-state index is 9.54. The molecular weight excluding hydrogens is 522 g/mol. The van der Waals surface area contributed by atoms with E-state index in [-0.39, 0.29) is 103 Å². The fraction of sp³-hybridized carbons (Fsp3) is 0.778. The van der Waals surface area contributed by atoms with Gasteiger partial charge >= 0.3 is 0 Å². The molecule has 0 amide bonds. The van der Waals surface area contributed by atoms with Gasteiger partial charge in [-0.2, -0.15) is 0 Å². The SMILES string of the molecule is CC1(C)O[C@@H]2[C@@H](O)C=C(CO)[C@@H]2O1.CC1(C)O[C@H]2[C@H](O)C=C(CO)[C@H]2O1.[Y].[Y]. The molecule has 0 aromatic carbocycles. The molecule has 28 heavy (non-hydrogen) atoms. The standard InChI is InChI=1S/2C9H14O4.2Y/c2*1-9(2)12-7-5(4-10)3-6(11)8(7)13-9;;/h2*3,6-8,10-11H,4H2,1-2H3;;/t2*6-,7-,8+;;/m10../s1. The minimum atomic E-state index is -0.662. The number of ether oxygens (including phenoxy) is 4. The summed E-state index contributed by atoms with van der Waals surface area (Å²) in [5.41, 5.74) is 1.42. The van der Waals surface area contributed by atoms with Crippen molar-refractivity contribution in [1.29, 1.82) is 0 Å². The second-order valence-electron chi connectivity index (χ2n) is 7.82. The molecule has 0 bridgehead atoms. The summed E-state index contributed by atoms with van der Waals surface area (Å²) in [6.07, 6.45) is 0.622. The van der Waals surface area contributed by atoms with Gasteiger partial charge in [0.05, 0.1) is 13.2 Å². The first-order valence-electron chi connectivity index (χ1n) is 8.77. The maximum Gasteiger partial charge on any atom is 0.164 e. The predicted molar refractivity (Wildman–Crippen MR) is 90.0 cm³/mol. The summed E-state index contributed by atoms with van der Waals surface area (Å²) in [7, 11) is 0. The Labute approximate surface area is 215 Å². The Balaban J connectivity index is 0.000000261. The summed E-state index contributed by atoms with van der Waals surface area (Å²) >= 11 is 0. The van der Waals surface area contributed by atoms with E-state index < -0.39 is 23.8 Å². The van der Waals surface area contributed by atoms with E-state index in [2.05, 4.69) is 0 Å². The number of aliphatic hydroxyl groups excluding tert-OH is 4. The molecule has 2 saturated heterocycles. The molecule has 0 unspecified atom stereocenters. The summed E-state index contributed by atoms with van der Waals surface area (Å²) in [4.78, 5) is 0. The Morgan fingerprint density at radius 3 is 1.32 bits per heavy atom. The monoisotopic (exact) mass is 550 g/mol. The van der Waals surface area contributed by atoms with Crippen molar-refractivity contribution in [1.82, 2.24) is 0 Å². The molecule has 4 rings (SSSR count). The third-order valence-corrected chi connectivity index (χ3v) is 4.80. The minimum absolute atomic E-state index is 0. The molecule has 0 aromatic heterocycles. The van der Waals surface area contributed by atoms with Gasteiger partial charge in [-0.3, -0.25) is 0 Å². The van der Waals surface area contributed by atoms with Crippen molar-refractivity contribution in [2.24, 2.45) is 0 Å². The maximum absolute atomic E-state index is 9.54. The van der Waals surface area contributed by atoms with Gasteiger partial charge in [0.2, 0.25) is 0 Å². The number of hydrogen-bond acceptors (Lipinski definition) is 8. The van der Waals surface area contributed by atoms with Gasteiger partial charge < -0.3 is 39.4 Å². The Morgan fingerprint density at radius 1 is 0.714 bits per heavy atom. The molecule has 2 heterocycles. The van der Waals surface area contributed by atoms with Gasteiger partial charge in [0.15, 0.2) is 11.6 Å². The molecule has 4 aliphatic rings. The molecule has 0 aromatic rings. The van der Waals surface area contributed by atoms with Crippen molar-refractivity contribution in [3.63, 3.8) is 0 Å². The molecule has 2 aliphatic carbocycles. The smallest absolute Gasteiger partial charge is 0.164 e. The summed E-state index contributed by atoms with van der Waals surface area (Å²) in [5, 5.41) is 37.1. The van der Waals surface area contributed by atoms with E-state index in [0.29, 0.717) is 11.1 Å². The minimum Gasteiger partial charge on any atom is -0.392 e. The number of hydrogen-bond donors (Lipinski definition) is 4. The van der Waals surface area contributed by atoms with Crippen LogP contribution in [0.4, 0.5) is 0 Å². The Bertz CT molecular complexity index is 554. The van der Waals surface area contributed by atoms with Crippen LogP contribution in [-0.4, -0.2) is 81.8 Å². The van der Waals surface area contributed by atoms with Crippen LogP contribution in [0.1, 0.15) is 27.7 Å². The summed E-state index contributed by atoms with van der Waals surface area (Å²) in [6, 6.07) is 0. The molecular formula is C18H28O8Y2. The molecule has 2 fully saturated rings. The first-order valence-corrected chi connectivity index (χ1v) is 8.77. The average molecular weight is 550 g/mol. The van der Waals surface area contributed by atoms with Crippen LogP contribution in [0, 0.1) is 0 Å². The average Bonchev–Trinajstić information content (AvgIpc) is 3.21. The first-order chi connectivity index (χ1) is 12.1. The third kappa shape index (κ3) is 5.78. The van der Waals surface area contributed by atoms with Crippen LogP contribution in [0.25, 0.3) is 0 Å². The van der Waals surface area contributed by atoms with Gasteiger partial charge in [0, 0.05) is 65.4 Å². The van der Waals surface area contributed by atoms with Crippen molar-refractivity contribution >= 4 is 0 Å². The Morgan fingerprint density at radius 2 is 1.04 bits per heavy atom. The van der Waals surface area contributed by atoms with Crippen molar-refractivity contribution in [3.05, 3.63) is 23.3 Å². The van der Waals surface area contributed by atoms with Gasteiger partial charge in [-0.05, 0) is 51.0 Å². The van der Waals surface area contributed by atoms with E-state index in [9.17, 15) is 10.2 Å². The normalized spacial score (nSPS) is 38.9. The fourth-order valence-corrected chi connectivity index (χ4v) is 3.75. The zero-order chi connectivity index (χ0) is 19.3. The van der Waals surface area contributed by atoms with Crippen LogP contribution in [0.3, 0.4) is 0 Å². The van der Waals surface area contributed by atoms with Gasteiger partial charge in [0.1, 0.15) is 36.6 Å². The van der Waals surface area contributed by atoms with Crippen molar-refractivity contribution in [3.8, 4) is 0 Å². The summed E-state index contributed by atoms with van der Waals surface area (Å²) in [5.74, 6) is -1.32. The number of fused-ring (bicyclic) bond motifs is 2. The topological polar surface area (TPSA) is 118 Å². The molecule has 6 atom stereocenters. The zero-order valence-corrected chi connectivity index (χ0v) is 22.3. The van der Waals surface area contributed by atoms with Crippen LogP contribution >= 0.6 is 0 Å². The summed E-state index contributed by atoms with van der Waals surface area (Å²) < 4.78 is 22.0. The summed E-state index contributed by atoms with van der Waals surface area (Å²) in [6.45, 7) is 7.02. The van der Waals surface area contributed by atoms with E-state index in [1.165, 1.54) is 0 Å². The predicted octanol–water partition coefficient (Wildman–Crippen LogP) is -0.406. The van der Waals surface area contributed by atoms with Crippen LogP contribution in [-0.2, 0) is 84.4 Å². The van der Waals surface area contributed by atoms with E-state index in [0.717, 1.165) is 0 Å². The molecule has 4 N–H and O–H groups in total. The van der Waals surface area contributed by atoms with Crippen molar-refractivity contribution in [2.45, 2.75) is 75.9 Å². The molecule has 0 spiro atoms. The van der Waals surface area contributed by atoms with Crippen LogP contribution in [0.5, 0.6) is 0 Å². The Hall–Kier alpha value is 1.37. The number of aliphatic hydroxyl groups is 4. The molecule has 8 nitrogen and oxygen atoms in total. The molecule has 2 aliphatic heterocycles. The van der Waals surface area contributed by atoms with Crippen molar-refractivity contribution in [2.75, 3.05) is 13.2 Å².